The van der Waals surface area contributed by atoms with Crippen LogP contribution < -0.4 is 15.6 Å². The summed E-state index contributed by atoms with van der Waals surface area (Å²) in [5, 5.41) is 4.09. The first kappa shape index (κ1) is 25.2. The first-order valence-electron chi connectivity index (χ1n) is 9.73. The second-order valence-electron chi connectivity index (χ2n) is 6.61. The molecule has 32 heavy (non-hydrogen) atoms. The van der Waals surface area contributed by atoms with Crippen LogP contribution in [-0.2, 0) is 9.09 Å². The lowest BCUT2D eigenvalue weighted by Crippen LogP contribution is -2.30. The third-order valence-corrected chi connectivity index (χ3v) is 6.97. The van der Waals surface area contributed by atoms with Gasteiger partial charge < -0.3 is 14.6 Å². The number of fused-ring (bicyclic) bond motifs is 1. The molecule has 172 valence electrons. The van der Waals surface area contributed by atoms with Crippen LogP contribution in [0, 0.1) is 0 Å². The monoisotopic (exact) mass is 561 g/mol. The van der Waals surface area contributed by atoms with Gasteiger partial charge in [-0.3, -0.25) is 4.57 Å². The van der Waals surface area contributed by atoms with E-state index < -0.39 is 7.67 Å². The Kier molecular flexibility index (Phi) is 9.55. The maximum Gasteiger partial charge on any atom is 0.340 e. The quantitative estimate of drug-likeness (QED) is 0.172. The topological polar surface area (TPSA) is 103 Å². The maximum atomic E-state index is 12.6. The van der Waals surface area contributed by atoms with Crippen LogP contribution in [0.4, 0.5) is 11.5 Å². The van der Waals surface area contributed by atoms with E-state index in [-0.39, 0.29) is 25.0 Å². The molecule has 0 radical (unpaired) electrons. The molecule has 0 aliphatic carbocycles. The fraction of sp³-hybridized carbons (Fsp3) is 0.300. The van der Waals surface area contributed by atoms with Crippen molar-refractivity contribution in [3.63, 3.8) is 0 Å². The summed E-state index contributed by atoms with van der Waals surface area (Å²) < 4.78 is 26.2. The molecule has 0 saturated carbocycles. The molecule has 1 aromatic heterocycles. The van der Waals surface area contributed by atoms with Crippen LogP contribution in [-0.4, -0.2) is 52.7 Å². The molecule has 0 bridgehead atoms. The molecule has 0 aliphatic heterocycles. The smallest absolute Gasteiger partial charge is 0.340 e. The minimum absolute atomic E-state index is 0.0430. The molecular weight excluding hydrogens is 540 g/mol. The number of hydrogen-bond donors (Lipinski definition) is 2. The summed E-state index contributed by atoms with van der Waals surface area (Å²) in [5.41, 5.74) is 7.50. The molecule has 0 saturated heterocycles. The number of nitrogens with two attached hydrogens (primary N) is 1. The van der Waals surface area contributed by atoms with Crippen LogP contribution in [0.5, 0.6) is 5.75 Å². The largest absolute Gasteiger partial charge is 0.491 e. The normalized spacial score (nSPS) is 13.3. The Balaban J connectivity index is 1.65. The van der Waals surface area contributed by atoms with Crippen molar-refractivity contribution in [3.8, 4) is 5.75 Å². The molecule has 8 nitrogen and oxygen atoms in total. The number of nitrogens with zero attached hydrogens (tertiary/aromatic N) is 3. The van der Waals surface area contributed by atoms with Gasteiger partial charge in [-0.2, -0.15) is 0 Å². The molecule has 0 amide bonds. The summed E-state index contributed by atoms with van der Waals surface area (Å²) in [7, 11) is -3.50. The molecule has 0 spiro atoms. The zero-order valence-corrected chi connectivity index (χ0v) is 21.1. The van der Waals surface area contributed by atoms with Crippen molar-refractivity contribution in [2.45, 2.75) is 0 Å². The van der Waals surface area contributed by atoms with E-state index >= 15 is 0 Å². The van der Waals surface area contributed by atoms with Crippen LogP contribution in [0.3, 0.4) is 0 Å². The molecule has 3 rings (SSSR count). The van der Waals surface area contributed by atoms with E-state index in [2.05, 4.69) is 31.2 Å². The highest BCUT2D eigenvalue weighted by atomic mass is 79.9. The fourth-order valence-electron chi connectivity index (χ4n) is 2.92. The predicted molar refractivity (Wildman–Crippen MR) is 133 cm³/mol. The minimum atomic E-state index is -3.50. The van der Waals surface area contributed by atoms with Crippen molar-refractivity contribution < 1.29 is 13.8 Å². The van der Waals surface area contributed by atoms with E-state index in [4.69, 9.17) is 38.0 Å². The summed E-state index contributed by atoms with van der Waals surface area (Å²) in [6.45, 7) is 0.842. The fourth-order valence-corrected chi connectivity index (χ4v) is 5.22. The van der Waals surface area contributed by atoms with Crippen molar-refractivity contribution in [1.29, 1.82) is 0 Å². The zero-order chi connectivity index (χ0) is 23.0. The molecule has 0 fully saturated rings. The van der Waals surface area contributed by atoms with Gasteiger partial charge in [0.2, 0.25) is 0 Å². The molecule has 2 aromatic carbocycles. The van der Waals surface area contributed by atoms with Crippen LogP contribution in [0.1, 0.15) is 0 Å². The van der Waals surface area contributed by atoms with Gasteiger partial charge >= 0.3 is 7.67 Å². The molecule has 1 heterocycles. The highest BCUT2D eigenvalue weighted by Gasteiger charge is 2.26. The molecule has 3 N–H and O–H groups in total. The third kappa shape index (κ3) is 7.02. The van der Waals surface area contributed by atoms with Gasteiger partial charge in [0.15, 0.2) is 0 Å². The molecular formula is C20H23BrCl2N5O3P. The van der Waals surface area contributed by atoms with Crippen LogP contribution in [0.2, 0.25) is 0 Å². The van der Waals surface area contributed by atoms with Crippen molar-refractivity contribution in [1.82, 2.24) is 14.6 Å². The van der Waals surface area contributed by atoms with Gasteiger partial charge in [-0.1, -0.05) is 22.0 Å². The maximum absolute atomic E-state index is 12.6. The Labute approximate surface area is 205 Å². The van der Waals surface area contributed by atoms with Gasteiger partial charge in [0.05, 0.1) is 12.1 Å². The van der Waals surface area contributed by atoms with E-state index in [1.54, 1.807) is 6.07 Å². The number of hydrogen-bond acceptors (Lipinski definition) is 6. The lowest BCUT2D eigenvalue weighted by molar-refractivity contribution is 0.200. The number of ether oxygens (including phenoxy) is 1. The number of aromatic nitrogens is 2. The highest BCUT2D eigenvalue weighted by Crippen LogP contribution is 2.42. The average Bonchev–Trinajstić information content (AvgIpc) is 2.77. The number of rotatable bonds is 12. The number of alkyl halides is 2. The second kappa shape index (κ2) is 12.1. The lowest BCUT2D eigenvalue weighted by atomic mass is 10.2. The number of halogens is 3. The van der Waals surface area contributed by atoms with Crippen molar-refractivity contribution in [2.24, 2.45) is 5.50 Å². The van der Waals surface area contributed by atoms with E-state index in [1.165, 1.54) is 11.0 Å². The molecule has 1 atom stereocenters. The summed E-state index contributed by atoms with van der Waals surface area (Å²) in [4.78, 5) is 8.66. The SMILES string of the molecule is NP(=O)(OCCOc1ccc2ncnc(Nc3cccc(Br)c3)c2c1)N(CCCl)CCCl. The average molecular weight is 563 g/mol. The number of benzene rings is 2. The lowest BCUT2D eigenvalue weighted by Gasteiger charge is -2.26. The Morgan fingerprint density at radius 3 is 2.59 bits per heavy atom. The van der Waals surface area contributed by atoms with Crippen LogP contribution in [0.15, 0.2) is 53.3 Å². The van der Waals surface area contributed by atoms with Crippen LogP contribution >= 0.6 is 46.8 Å². The Bertz CT molecular complexity index is 1090. The molecule has 0 aliphatic rings. The summed E-state index contributed by atoms with van der Waals surface area (Å²) >= 11 is 14.9. The van der Waals surface area contributed by atoms with Crippen molar-refractivity contribution in [3.05, 3.63) is 53.3 Å². The van der Waals surface area contributed by atoms with E-state index in [9.17, 15) is 4.57 Å². The van der Waals surface area contributed by atoms with Gasteiger partial charge in [0.25, 0.3) is 0 Å². The number of nitrogens with one attached hydrogen (secondary N) is 1. The molecule has 12 heteroatoms. The Morgan fingerprint density at radius 1 is 1.09 bits per heavy atom. The highest BCUT2D eigenvalue weighted by molar-refractivity contribution is 9.10. The van der Waals surface area contributed by atoms with Gasteiger partial charge in [-0.15, -0.1) is 23.2 Å². The summed E-state index contributed by atoms with van der Waals surface area (Å²) in [6, 6.07) is 13.3. The van der Waals surface area contributed by atoms with Crippen molar-refractivity contribution >= 4 is 69.2 Å². The van der Waals surface area contributed by atoms with E-state index in [0.717, 1.165) is 21.1 Å². The van der Waals surface area contributed by atoms with Crippen LogP contribution in [0.25, 0.3) is 10.9 Å². The van der Waals surface area contributed by atoms with Crippen molar-refractivity contribution in [2.75, 3.05) is 43.4 Å². The molecule has 3 aromatic rings. The second-order valence-corrected chi connectivity index (χ2v) is 10.2. The Morgan fingerprint density at radius 2 is 1.88 bits per heavy atom. The zero-order valence-electron chi connectivity index (χ0n) is 17.1. The molecule has 1 unspecified atom stereocenters. The minimum Gasteiger partial charge on any atom is -0.491 e. The number of anilines is 2. The van der Waals surface area contributed by atoms with Gasteiger partial charge in [-0.05, 0) is 36.4 Å². The van der Waals surface area contributed by atoms with Gasteiger partial charge in [-0.25, -0.2) is 20.1 Å². The van der Waals surface area contributed by atoms with Gasteiger partial charge in [0.1, 0.15) is 24.5 Å². The standard InChI is InChI=1S/C20H23BrCl2N5O3P/c21-15-2-1-3-16(12-15)27-20-18-13-17(4-5-19(18)25-14-26-20)30-10-11-31-32(24,29)28(8-6-22)9-7-23/h1-5,12-14H,6-11H2,(H2,24,29)(H,25,26,27). The first-order chi connectivity index (χ1) is 15.4. The Hall–Kier alpha value is -1.45. The third-order valence-electron chi connectivity index (χ3n) is 4.40. The summed E-state index contributed by atoms with van der Waals surface area (Å²) in [5.74, 6) is 1.79. The first-order valence-corrected chi connectivity index (χ1v) is 13.2. The van der Waals surface area contributed by atoms with E-state index in [0.29, 0.717) is 24.7 Å². The predicted octanol–water partition coefficient (Wildman–Crippen LogP) is 5.38. The van der Waals surface area contributed by atoms with Gasteiger partial charge in [0, 0.05) is 40.4 Å². The van der Waals surface area contributed by atoms with E-state index in [1.807, 2.05) is 36.4 Å². The summed E-state index contributed by atoms with van der Waals surface area (Å²) in [6.07, 6.45) is 1.50.